The first-order chi connectivity index (χ1) is 7.63. The molecule has 0 heterocycles. The Labute approximate surface area is 99.2 Å². The second kappa shape index (κ2) is 6.33. The third-order valence-electron chi connectivity index (χ3n) is 1.97. The summed E-state index contributed by atoms with van der Waals surface area (Å²) in [6.45, 7) is 1.34. The number of carbonyl (C=O) groups excluding carboxylic acids is 2. The van der Waals surface area contributed by atoms with E-state index in [2.05, 4.69) is 0 Å². The summed E-state index contributed by atoms with van der Waals surface area (Å²) in [7, 11) is 0. The van der Waals surface area contributed by atoms with Gasteiger partial charge in [-0.25, -0.2) is 0 Å². The Morgan fingerprint density at radius 1 is 1.25 bits per heavy atom. The lowest BCUT2D eigenvalue weighted by atomic mass is 10.1. The highest BCUT2D eigenvalue weighted by atomic mass is 32.2. The zero-order chi connectivity index (χ0) is 12.0. The van der Waals surface area contributed by atoms with Crippen LogP contribution in [0.3, 0.4) is 0 Å². The number of esters is 1. The molecule has 0 radical (unpaired) electrons. The Morgan fingerprint density at radius 2 is 1.88 bits per heavy atom. The van der Waals surface area contributed by atoms with Gasteiger partial charge < -0.3 is 4.74 Å². The largest absolute Gasteiger partial charge is 0.427 e. The number of Topliss-reactive ketones (excluding diaryl/α,β-unsaturated/α-hetero) is 1. The van der Waals surface area contributed by atoms with Crippen LogP contribution in [0, 0.1) is 0 Å². The SMILES string of the molecule is CSCCC(=O)c1ccc(OC(C)=O)cc1. The highest BCUT2D eigenvalue weighted by Crippen LogP contribution is 2.14. The molecule has 0 amide bonds. The van der Waals surface area contributed by atoms with Crippen molar-refractivity contribution in [2.45, 2.75) is 13.3 Å². The van der Waals surface area contributed by atoms with Gasteiger partial charge in [0.15, 0.2) is 5.78 Å². The summed E-state index contributed by atoms with van der Waals surface area (Å²) in [5.41, 5.74) is 0.657. The third-order valence-corrected chi connectivity index (χ3v) is 2.58. The van der Waals surface area contributed by atoms with Gasteiger partial charge in [-0.2, -0.15) is 11.8 Å². The Balaban J connectivity index is 2.63. The molecule has 0 N–H and O–H groups in total. The molecule has 0 bridgehead atoms. The van der Waals surface area contributed by atoms with Crippen LogP contribution >= 0.6 is 11.8 Å². The summed E-state index contributed by atoms with van der Waals surface area (Å²) in [6.07, 6.45) is 2.51. The lowest BCUT2D eigenvalue weighted by Crippen LogP contribution is -2.03. The quantitative estimate of drug-likeness (QED) is 0.449. The Hall–Kier alpha value is -1.29. The zero-order valence-corrected chi connectivity index (χ0v) is 10.2. The normalized spacial score (nSPS) is 9.88. The van der Waals surface area contributed by atoms with E-state index >= 15 is 0 Å². The molecule has 0 saturated heterocycles. The zero-order valence-electron chi connectivity index (χ0n) is 9.36. The van der Waals surface area contributed by atoms with E-state index in [1.807, 2.05) is 6.26 Å². The molecule has 16 heavy (non-hydrogen) atoms. The van der Waals surface area contributed by atoms with Crippen molar-refractivity contribution < 1.29 is 14.3 Å². The minimum atomic E-state index is -0.360. The lowest BCUT2D eigenvalue weighted by Gasteiger charge is -2.03. The van der Waals surface area contributed by atoms with Gasteiger partial charge >= 0.3 is 5.97 Å². The molecule has 0 aromatic heterocycles. The van der Waals surface area contributed by atoms with Gasteiger partial charge in [-0.1, -0.05) is 0 Å². The summed E-state index contributed by atoms with van der Waals surface area (Å²) in [4.78, 5) is 22.3. The highest BCUT2D eigenvalue weighted by Gasteiger charge is 2.05. The fourth-order valence-electron chi connectivity index (χ4n) is 1.21. The van der Waals surface area contributed by atoms with E-state index in [-0.39, 0.29) is 11.8 Å². The van der Waals surface area contributed by atoms with Crippen molar-refractivity contribution in [3.63, 3.8) is 0 Å². The number of thioether (sulfide) groups is 1. The van der Waals surface area contributed by atoms with Crippen molar-refractivity contribution in [2.75, 3.05) is 12.0 Å². The second-order valence-corrected chi connectivity index (χ2v) is 4.27. The minimum absolute atomic E-state index is 0.115. The molecule has 0 aliphatic carbocycles. The van der Waals surface area contributed by atoms with Gasteiger partial charge in [0.05, 0.1) is 0 Å². The van der Waals surface area contributed by atoms with Crippen molar-refractivity contribution in [1.82, 2.24) is 0 Å². The van der Waals surface area contributed by atoms with Crippen LogP contribution in [0.25, 0.3) is 0 Å². The molecule has 1 rings (SSSR count). The molecule has 3 nitrogen and oxygen atoms in total. The first-order valence-corrected chi connectivity index (χ1v) is 6.33. The first kappa shape index (κ1) is 12.8. The maximum Gasteiger partial charge on any atom is 0.308 e. The summed E-state index contributed by atoms with van der Waals surface area (Å²) in [6, 6.07) is 6.63. The van der Waals surface area contributed by atoms with Crippen LogP contribution < -0.4 is 4.74 Å². The van der Waals surface area contributed by atoms with Gasteiger partial charge in [0, 0.05) is 24.7 Å². The fraction of sp³-hybridized carbons (Fsp3) is 0.333. The number of ketones is 1. The van der Waals surface area contributed by atoms with Gasteiger partial charge in [-0.15, -0.1) is 0 Å². The Kier molecular flexibility index (Phi) is 5.05. The maximum absolute atomic E-state index is 11.6. The van der Waals surface area contributed by atoms with E-state index in [4.69, 9.17) is 4.74 Å². The molecule has 0 saturated carbocycles. The van der Waals surface area contributed by atoms with Gasteiger partial charge in [-0.05, 0) is 30.5 Å². The minimum Gasteiger partial charge on any atom is -0.427 e. The van der Waals surface area contributed by atoms with E-state index in [9.17, 15) is 9.59 Å². The van der Waals surface area contributed by atoms with Gasteiger partial charge in [-0.3, -0.25) is 9.59 Å². The molecule has 0 fully saturated rings. The van der Waals surface area contributed by atoms with Crippen molar-refractivity contribution in [1.29, 1.82) is 0 Å². The Morgan fingerprint density at radius 3 is 2.38 bits per heavy atom. The number of hydrogen-bond donors (Lipinski definition) is 0. The van der Waals surface area contributed by atoms with Gasteiger partial charge in [0.25, 0.3) is 0 Å². The summed E-state index contributed by atoms with van der Waals surface area (Å²) >= 11 is 1.65. The number of ether oxygens (including phenoxy) is 1. The number of benzene rings is 1. The molecule has 0 aliphatic heterocycles. The molecule has 86 valence electrons. The van der Waals surface area contributed by atoms with Gasteiger partial charge in [0.2, 0.25) is 0 Å². The maximum atomic E-state index is 11.6. The average molecular weight is 238 g/mol. The van der Waals surface area contributed by atoms with E-state index in [0.29, 0.717) is 17.7 Å². The van der Waals surface area contributed by atoms with E-state index < -0.39 is 0 Å². The van der Waals surface area contributed by atoms with Gasteiger partial charge in [0.1, 0.15) is 5.75 Å². The molecule has 1 aromatic carbocycles. The molecular formula is C12H14O3S. The van der Waals surface area contributed by atoms with Crippen LogP contribution in [-0.4, -0.2) is 23.8 Å². The van der Waals surface area contributed by atoms with Crippen LogP contribution in [0.4, 0.5) is 0 Å². The van der Waals surface area contributed by atoms with Crippen molar-refractivity contribution >= 4 is 23.5 Å². The summed E-state index contributed by atoms with van der Waals surface area (Å²) in [5, 5.41) is 0. The smallest absolute Gasteiger partial charge is 0.308 e. The van der Waals surface area contributed by atoms with Crippen LogP contribution in [0.15, 0.2) is 24.3 Å². The summed E-state index contributed by atoms with van der Waals surface area (Å²) in [5.74, 6) is 1.05. The number of hydrogen-bond acceptors (Lipinski definition) is 4. The van der Waals surface area contributed by atoms with E-state index in [0.717, 1.165) is 5.75 Å². The highest BCUT2D eigenvalue weighted by molar-refractivity contribution is 7.98. The lowest BCUT2D eigenvalue weighted by molar-refractivity contribution is -0.131. The molecule has 4 heteroatoms. The van der Waals surface area contributed by atoms with Crippen LogP contribution in [-0.2, 0) is 4.79 Å². The van der Waals surface area contributed by atoms with E-state index in [1.165, 1.54) is 6.92 Å². The topological polar surface area (TPSA) is 43.4 Å². The summed E-state index contributed by atoms with van der Waals surface area (Å²) < 4.78 is 4.88. The average Bonchev–Trinajstić information content (AvgIpc) is 2.26. The standard InChI is InChI=1S/C12H14O3S/c1-9(13)15-11-5-3-10(4-6-11)12(14)7-8-16-2/h3-6H,7-8H2,1-2H3. The Bertz CT molecular complexity index is 370. The second-order valence-electron chi connectivity index (χ2n) is 3.28. The molecule has 0 unspecified atom stereocenters. The van der Waals surface area contributed by atoms with Crippen LogP contribution in [0.1, 0.15) is 23.7 Å². The monoisotopic (exact) mass is 238 g/mol. The molecular weight excluding hydrogens is 224 g/mol. The first-order valence-electron chi connectivity index (χ1n) is 4.94. The van der Waals surface area contributed by atoms with Crippen LogP contribution in [0.5, 0.6) is 5.75 Å². The number of carbonyl (C=O) groups is 2. The number of rotatable bonds is 5. The predicted octanol–water partition coefficient (Wildman–Crippen LogP) is 2.55. The third kappa shape index (κ3) is 4.06. The van der Waals surface area contributed by atoms with E-state index in [1.54, 1.807) is 36.0 Å². The fourth-order valence-corrected chi connectivity index (χ4v) is 1.60. The van der Waals surface area contributed by atoms with Crippen LogP contribution in [0.2, 0.25) is 0 Å². The predicted molar refractivity (Wildman–Crippen MR) is 65.1 cm³/mol. The molecule has 0 aliphatic rings. The van der Waals surface area contributed by atoms with Crippen molar-refractivity contribution in [2.24, 2.45) is 0 Å². The van der Waals surface area contributed by atoms with Crippen molar-refractivity contribution in [3.8, 4) is 5.75 Å². The van der Waals surface area contributed by atoms with Crippen molar-refractivity contribution in [3.05, 3.63) is 29.8 Å². The molecule has 0 spiro atoms. The molecule has 1 aromatic rings. The molecule has 0 atom stereocenters.